The van der Waals surface area contributed by atoms with Gasteiger partial charge >= 0.3 is 0 Å². The average Bonchev–Trinajstić information content (AvgIpc) is 2.24. The summed E-state index contributed by atoms with van der Waals surface area (Å²) in [6.45, 7) is 6.58. The van der Waals surface area contributed by atoms with Crippen LogP contribution in [0, 0.1) is 0 Å². The minimum Gasteiger partial charge on any atom is -0.308 e. The summed E-state index contributed by atoms with van der Waals surface area (Å²) in [6, 6.07) is 8.54. The molecule has 2 nitrogen and oxygen atoms in total. The highest BCUT2D eigenvalue weighted by Gasteiger charge is 2.04. The molecule has 0 amide bonds. The SMILES string of the molecule is CCN(CCN(C)C)Cc1cccc(Br)c1. The topological polar surface area (TPSA) is 6.48 Å². The maximum atomic E-state index is 3.51. The van der Waals surface area contributed by atoms with Crippen molar-refractivity contribution in [2.75, 3.05) is 33.7 Å². The molecule has 1 aromatic carbocycles. The minimum absolute atomic E-state index is 1.03. The Kier molecular flexibility index (Phi) is 6.03. The molecular weight excluding hydrogens is 264 g/mol. The number of rotatable bonds is 6. The first kappa shape index (κ1) is 13.7. The van der Waals surface area contributed by atoms with Crippen LogP contribution < -0.4 is 0 Å². The van der Waals surface area contributed by atoms with E-state index in [1.54, 1.807) is 0 Å². The smallest absolute Gasteiger partial charge is 0.0234 e. The van der Waals surface area contributed by atoms with E-state index in [-0.39, 0.29) is 0 Å². The molecular formula is C13H21BrN2. The molecule has 0 bridgehead atoms. The monoisotopic (exact) mass is 284 g/mol. The van der Waals surface area contributed by atoms with E-state index in [0.717, 1.165) is 30.7 Å². The largest absolute Gasteiger partial charge is 0.308 e. The van der Waals surface area contributed by atoms with Crippen molar-refractivity contribution in [3.05, 3.63) is 34.3 Å². The molecule has 90 valence electrons. The van der Waals surface area contributed by atoms with Crippen LogP contribution in [0.15, 0.2) is 28.7 Å². The molecule has 0 unspecified atom stereocenters. The second kappa shape index (κ2) is 7.05. The van der Waals surface area contributed by atoms with Crippen molar-refractivity contribution in [2.24, 2.45) is 0 Å². The van der Waals surface area contributed by atoms with Crippen LogP contribution in [0.2, 0.25) is 0 Å². The second-order valence-corrected chi connectivity index (χ2v) is 5.22. The summed E-state index contributed by atoms with van der Waals surface area (Å²) in [6.07, 6.45) is 0. The van der Waals surface area contributed by atoms with Gasteiger partial charge in [0, 0.05) is 24.1 Å². The molecule has 0 spiro atoms. The van der Waals surface area contributed by atoms with Gasteiger partial charge in [0.1, 0.15) is 0 Å². The van der Waals surface area contributed by atoms with Crippen LogP contribution in [0.5, 0.6) is 0 Å². The summed E-state index contributed by atoms with van der Waals surface area (Å²) in [4.78, 5) is 4.69. The Morgan fingerprint density at radius 2 is 1.94 bits per heavy atom. The van der Waals surface area contributed by atoms with E-state index in [2.05, 4.69) is 71.0 Å². The standard InChI is InChI=1S/C13H21BrN2/c1-4-16(9-8-15(2)3)11-12-6-5-7-13(14)10-12/h5-7,10H,4,8-9,11H2,1-3H3. The summed E-state index contributed by atoms with van der Waals surface area (Å²) in [5, 5.41) is 0. The van der Waals surface area contributed by atoms with E-state index in [4.69, 9.17) is 0 Å². The first-order valence-electron chi connectivity index (χ1n) is 5.73. The van der Waals surface area contributed by atoms with Gasteiger partial charge in [-0.2, -0.15) is 0 Å². The van der Waals surface area contributed by atoms with Crippen molar-refractivity contribution in [3.63, 3.8) is 0 Å². The fraction of sp³-hybridized carbons (Fsp3) is 0.538. The van der Waals surface area contributed by atoms with Crippen LogP contribution in [0.25, 0.3) is 0 Å². The Morgan fingerprint density at radius 1 is 1.19 bits per heavy atom. The summed E-state index contributed by atoms with van der Waals surface area (Å²) >= 11 is 3.51. The quantitative estimate of drug-likeness (QED) is 0.793. The normalized spacial score (nSPS) is 11.4. The Morgan fingerprint density at radius 3 is 2.50 bits per heavy atom. The van der Waals surface area contributed by atoms with Crippen LogP contribution >= 0.6 is 15.9 Å². The molecule has 0 heterocycles. The second-order valence-electron chi connectivity index (χ2n) is 4.30. The lowest BCUT2D eigenvalue weighted by Gasteiger charge is -2.22. The third-order valence-corrected chi connectivity index (χ3v) is 3.10. The van der Waals surface area contributed by atoms with E-state index < -0.39 is 0 Å². The summed E-state index contributed by atoms with van der Waals surface area (Å²) in [5.74, 6) is 0. The van der Waals surface area contributed by atoms with Gasteiger partial charge in [0.25, 0.3) is 0 Å². The van der Waals surface area contributed by atoms with Gasteiger partial charge in [-0.05, 0) is 38.3 Å². The maximum absolute atomic E-state index is 3.51. The Labute approximate surface area is 107 Å². The molecule has 0 aliphatic rings. The molecule has 0 saturated carbocycles. The van der Waals surface area contributed by atoms with Crippen LogP contribution in [0.3, 0.4) is 0 Å². The van der Waals surface area contributed by atoms with Crippen molar-refractivity contribution in [3.8, 4) is 0 Å². The number of hydrogen-bond acceptors (Lipinski definition) is 2. The van der Waals surface area contributed by atoms with E-state index in [9.17, 15) is 0 Å². The number of benzene rings is 1. The molecule has 0 atom stereocenters. The van der Waals surface area contributed by atoms with E-state index in [1.165, 1.54) is 5.56 Å². The fourth-order valence-corrected chi connectivity index (χ4v) is 2.03. The maximum Gasteiger partial charge on any atom is 0.0234 e. The zero-order valence-corrected chi connectivity index (χ0v) is 12.0. The van der Waals surface area contributed by atoms with Gasteiger partial charge < -0.3 is 4.90 Å². The molecule has 0 radical (unpaired) electrons. The van der Waals surface area contributed by atoms with Crippen LogP contribution in [-0.2, 0) is 6.54 Å². The molecule has 16 heavy (non-hydrogen) atoms. The van der Waals surface area contributed by atoms with Gasteiger partial charge in [-0.25, -0.2) is 0 Å². The third kappa shape index (κ3) is 5.10. The summed E-state index contributed by atoms with van der Waals surface area (Å²) in [7, 11) is 4.24. The zero-order chi connectivity index (χ0) is 12.0. The first-order valence-corrected chi connectivity index (χ1v) is 6.52. The van der Waals surface area contributed by atoms with E-state index >= 15 is 0 Å². The fourth-order valence-electron chi connectivity index (χ4n) is 1.58. The lowest BCUT2D eigenvalue weighted by atomic mass is 10.2. The predicted molar refractivity (Wildman–Crippen MR) is 73.6 cm³/mol. The molecule has 3 heteroatoms. The van der Waals surface area contributed by atoms with Gasteiger partial charge in [-0.15, -0.1) is 0 Å². The van der Waals surface area contributed by atoms with Crippen LogP contribution in [-0.4, -0.2) is 43.5 Å². The third-order valence-electron chi connectivity index (χ3n) is 2.61. The molecule has 1 rings (SSSR count). The van der Waals surface area contributed by atoms with E-state index in [0.29, 0.717) is 0 Å². The van der Waals surface area contributed by atoms with Crippen molar-refractivity contribution in [1.29, 1.82) is 0 Å². The van der Waals surface area contributed by atoms with Gasteiger partial charge in [0.2, 0.25) is 0 Å². The van der Waals surface area contributed by atoms with Gasteiger partial charge in [0.05, 0.1) is 0 Å². The molecule has 1 aromatic rings. The van der Waals surface area contributed by atoms with Gasteiger partial charge in [0.15, 0.2) is 0 Å². The Balaban J connectivity index is 2.49. The number of likely N-dealkylation sites (N-methyl/N-ethyl adjacent to an activating group) is 2. The molecule has 0 saturated heterocycles. The number of nitrogens with zero attached hydrogens (tertiary/aromatic N) is 2. The number of hydrogen-bond donors (Lipinski definition) is 0. The summed E-state index contributed by atoms with van der Waals surface area (Å²) < 4.78 is 1.16. The molecule has 0 aromatic heterocycles. The highest BCUT2D eigenvalue weighted by molar-refractivity contribution is 9.10. The molecule has 0 aliphatic heterocycles. The Hall–Kier alpha value is -0.380. The lowest BCUT2D eigenvalue weighted by Crippen LogP contribution is -2.31. The van der Waals surface area contributed by atoms with Crippen LogP contribution in [0.1, 0.15) is 12.5 Å². The van der Waals surface area contributed by atoms with Crippen molar-refractivity contribution in [2.45, 2.75) is 13.5 Å². The molecule has 0 aliphatic carbocycles. The van der Waals surface area contributed by atoms with E-state index in [1.807, 2.05) is 0 Å². The average molecular weight is 285 g/mol. The van der Waals surface area contributed by atoms with Crippen molar-refractivity contribution < 1.29 is 0 Å². The van der Waals surface area contributed by atoms with Crippen molar-refractivity contribution >= 4 is 15.9 Å². The Bertz CT molecular complexity index is 313. The highest BCUT2D eigenvalue weighted by atomic mass is 79.9. The first-order chi connectivity index (χ1) is 7.61. The number of halogens is 1. The van der Waals surface area contributed by atoms with Crippen molar-refractivity contribution in [1.82, 2.24) is 9.80 Å². The van der Waals surface area contributed by atoms with Gasteiger partial charge in [-0.3, -0.25) is 4.90 Å². The molecule has 0 fully saturated rings. The predicted octanol–water partition coefficient (Wildman–Crippen LogP) is 2.83. The van der Waals surface area contributed by atoms with Crippen LogP contribution in [0.4, 0.5) is 0 Å². The lowest BCUT2D eigenvalue weighted by molar-refractivity contribution is 0.244. The highest BCUT2D eigenvalue weighted by Crippen LogP contribution is 2.13. The minimum atomic E-state index is 1.03. The van der Waals surface area contributed by atoms with Gasteiger partial charge in [-0.1, -0.05) is 35.0 Å². The zero-order valence-electron chi connectivity index (χ0n) is 10.4. The summed E-state index contributed by atoms with van der Waals surface area (Å²) in [5.41, 5.74) is 1.37. The molecule has 0 N–H and O–H groups in total.